The fourth-order valence-electron chi connectivity index (χ4n) is 5.45. The number of halogens is 2. The second-order valence-corrected chi connectivity index (χ2v) is 12.7. The highest BCUT2D eigenvalue weighted by Gasteiger charge is 2.21. The van der Waals surface area contributed by atoms with E-state index in [0.717, 1.165) is 25.7 Å². The lowest BCUT2D eigenvalue weighted by atomic mass is 10.0. The van der Waals surface area contributed by atoms with Crippen LogP contribution < -0.4 is 14.8 Å². The molecule has 3 aromatic carbocycles. The Kier molecular flexibility index (Phi) is 13.6. The quantitative estimate of drug-likeness (QED) is 0.0646. The van der Waals surface area contributed by atoms with E-state index in [1.165, 1.54) is 12.4 Å². The summed E-state index contributed by atoms with van der Waals surface area (Å²) in [5.74, 6) is 3.61. The number of benzene rings is 3. The van der Waals surface area contributed by atoms with Gasteiger partial charge in [0.2, 0.25) is 0 Å². The Morgan fingerprint density at radius 1 is 1.14 bits per heavy atom. The molecule has 0 radical (unpaired) electrons. The number of allylic oxidation sites excluding steroid dienone is 1. The molecular weight excluding hydrogens is 659 g/mol. The van der Waals surface area contributed by atoms with E-state index in [-0.39, 0.29) is 23.3 Å². The molecule has 11 heteroatoms. The van der Waals surface area contributed by atoms with Gasteiger partial charge in [0.05, 0.1) is 30.4 Å². The van der Waals surface area contributed by atoms with Crippen LogP contribution in [-0.4, -0.2) is 80.4 Å². The van der Waals surface area contributed by atoms with Crippen LogP contribution in [-0.2, 0) is 20.7 Å². The van der Waals surface area contributed by atoms with Crippen LogP contribution in [0.5, 0.6) is 11.5 Å². The number of ketones is 1. The average molecular weight is 701 g/mol. The molecule has 1 saturated heterocycles. The van der Waals surface area contributed by atoms with Crippen LogP contribution in [0.3, 0.4) is 0 Å². The number of hydrogen-bond donors (Lipinski definition) is 1. The number of aromatic nitrogens is 2. The molecule has 1 N–H and O–H groups in total. The Hall–Kier alpha value is -4.53. The van der Waals surface area contributed by atoms with Gasteiger partial charge in [-0.05, 0) is 75.3 Å². The van der Waals surface area contributed by atoms with E-state index in [1.54, 1.807) is 24.3 Å². The summed E-state index contributed by atoms with van der Waals surface area (Å²) < 4.78 is 38.3. The number of terminal acetylenes is 1. The topological polar surface area (TPSA) is 95.0 Å². The third kappa shape index (κ3) is 10.5. The molecule has 0 spiro atoms. The lowest BCUT2D eigenvalue weighted by Gasteiger charge is -2.17. The first-order valence-electron chi connectivity index (χ1n) is 16.7. The summed E-state index contributed by atoms with van der Waals surface area (Å²) in [6.07, 6.45) is 13.6. The number of hydrogen-bond acceptors (Lipinski definition) is 9. The fraction of sp³-hybridized carbons (Fsp3) is 0.359. The molecule has 1 atom stereocenters. The first kappa shape index (κ1) is 36.7. The first-order chi connectivity index (χ1) is 24.3. The van der Waals surface area contributed by atoms with E-state index in [9.17, 15) is 4.79 Å². The predicted molar refractivity (Wildman–Crippen MR) is 195 cm³/mol. The van der Waals surface area contributed by atoms with Gasteiger partial charge in [-0.15, -0.1) is 6.42 Å². The van der Waals surface area contributed by atoms with Crippen molar-refractivity contribution in [2.45, 2.75) is 38.2 Å². The Labute approximate surface area is 297 Å². The number of likely N-dealkylation sites (N-methyl/N-ethyl adjacent to an activating group) is 1. The lowest BCUT2D eigenvalue weighted by molar-refractivity contribution is -0.114. The summed E-state index contributed by atoms with van der Waals surface area (Å²) in [5, 5.41) is 3.93. The van der Waals surface area contributed by atoms with Crippen LogP contribution in [0.4, 0.5) is 15.9 Å². The number of nitrogens with one attached hydrogen (secondary N) is 1. The molecule has 4 aromatic rings. The first-order valence-corrected chi connectivity index (χ1v) is 17.0. The fourth-order valence-corrected chi connectivity index (χ4v) is 5.67. The predicted octanol–water partition coefficient (Wildman–Crippen LogP) is 7.43. The van der Waals surface area contributed by atoms with Gasteiger partial charge in [0.1, 0.15) is 42.2 Å². The smallest absolute Gasteiger partial charge is 0.159 e. The maximum absolute atomic E-state index is 15.4. The molecule has 0 aliphatic carbocycles. The molecule has 1 unspecified atom stereocenters. The molecule has 1 aromatic heterocycles. The maximum atomic E-state index is 15.4. The number of rotatable bonds is 18. The molecule has 2 heterocycles. The number of ether oxygens (including phenoxy) is 4. The van der Waals surface area contributed by atoms with Gasteiger partial charge in [0.15, 0.2) is 5.78 Å². The minimum absolute atomic E-state index is 0.0415. The van der Waals surface area contributed by atoms with Crippen molar-refractivity contribution in [1.29, 1.82) is 0 Å². The number of anilines is 2. The lowest BCUT2D eigenvalue weighted by Crippen LogP contribution is -2.17. The number of nitrogens with zero attached hydrogens (tertiary/aromatic N) is 3. The molecule has 5 rings (SSSR count). The SMILES string of the molecule is C#CCOCCCCCOc1ccc(-c2cc(Nc3ncnc4cc(OC5CCOC5)c(CC(=O)/C=C/CN(C)C)cc34)cc(Cl)c2F)cc1. The molecule has 9 nitrogen and oxygen atoms in total. The third-order valence-electron chi connectivity index (χ3n) is 7.98. The molecule has 1 aliphatic heterocycles. The van der Waals surface area contributed by atoms with Crippen molar-refractivity contribution in [2.75, 3.05) is 59.0 Å². The second kappa shape index (κ2) is 18.5. The number of fused-ring (bicyclic) bond motifs is 1. The van der Waals surface area contributed by atoms with Crippen molar-refractivity contribution >= 4 is 39.8 Å². The molecule has 1 aliphatic rings. The van der Waals surface area contributed by atoms with E-state index in [0.29, 0.717) is 90.2 Å². The Morgan fingerprint density at radius 3 is 2.72 bits per heavy atom. The van der Waals surface area contributed by atoms with Gasteiger partial charge >= 0.3 is 0 Å². The van der Waals surface area contributed by atoms with Crippen molar-refractivity contribution in [3.63, 3.8) is 0 Å². The van der Waals surface area contributed by atoms with E-state index in [2.05, 4.69) is 21.2 Å². The van der Waals surface area contributed by atoms with Gasteiger partial charge in [-0.3, -0.25) is 4.79 Å². The van der Waals surface area contributed by atoms with Gasteiger partial charge in [-0.1, -0.05) is 35.7 Å². The zero-order valence-corrected chi connectivity index (χ0v) is 29.2. The second-order valence-electron chi connectivity index (χ2n) is 12.2. The average Bonchev–Trinajstić information content (AvgIpc) is 3.61. The van der Waals surface area contributed by atoms with Gasteiger partial charge < -0.3 is 29.2 Å². The van der Waals surface area contributed by atoms with E-state index < -0.39 is 5.82 Å². The van der Waals surface area contributed by atoms with Crippen LogP contribution in [0.1, 0.15) is 31.2 Å². The molecule has 0 saturated carbocycles. The standard InChI is InChI=1S/C39H42ClFN4O5/c1-4-16-47-17-6-5-7-18-49-31-12-10-27(11-13-31)33-22-29(23-35(40)38(33)41)44-39-34-21-28(20-30(46)9-8-15-45(2)3)37(24-36(34)42-26-43-39)50-32-14-19-48-25-32/h1,8-13,21-24,26,32H,5-7,14-20,25H2,2-3H3,(H,42,43,44)/b9-8+. The minimum Gasteiger partial charge on any atom is -0.494 e. The van der Waals surface area contributed by atoms with Crippen molar-refractivity contribution in [3.8, 4) is 35.0 Å². The molecule has 50 heavy (non-hydrogen) atoms. The summed E-state index contributed by atoms with van der Waals surface area (Å²) in [4.78, 5) is 23.9. The van der Waals surface area contributed by atoms with Gasteiger partial charge in [0, 0.05) is 54.3 Å². The van der Waals surface area contributed by atoms with E-state index in [1.807, 2.05) is 49.3 Å². The van der Waals surface area contributed by atoms with Gasteiger partial charge in [-0.25, -0.2) is 14.4 Å². The summed E-state index contributed by atoms with van der Waals surface area (Å²) in [6, 6.07) is 14.1. The van der Waals surface area contributed by atoms with Gasteiger partial charge in [0.25, 0.3) is 0 Å². The molecule has 0 bridgehead atoms. The van der Waals surface area contributed by atoms with Crippen molar-refractivity contribution < 1.29 is 28.1 Å². The highest BCUT2D eigenvalue weighted by molar-refractivity contribution is 6.31. The number of carbonyl (C=O) groups is 1. The van der Waals surface area contributed by atoms with E-state index in [4.69, 9.17) is 37.0 Å². The highest BCUT2D eigenvalue weighted by Crippen LogP contribution is 2.36. The third-order valence-corrected chi connectivity index (χ3v) is 8.26. The highest BCUT2D eigenvalue weighted by atomic mass is 35.5. The zero-order chi connectivity index (χ0) is 35.3. The largest absolute Gasteiger partial charge is 0.494 e. The normalized spacial score (nSPS) is 14.4. The Morgan fingerprint density at radius 2 is 1.96 bits per heavy atom. The number of carbonyl (C=O) groups excluding carboxylic acids is 1. The van der Waals surface area contributed by atoms with Crippen LogP contribution in [0.15, 0.2) is 67.0 Å². The molecule has 1 fully saturated rings. The Bertz CT molecular complexity index is 1820. The monoisotopic (exact) mass is 700 g/mol. The maximum Gasteiger partial charge on any atom is 0.159 e. The van der Waals surface area contributed by atoms with Crippen LogP contribution in [0, 0.1) is 18.2 Å². The van der Waals surface area contributed by atoms with Gasteiger partial charge in [-0.2, -0.15) is 0 Å². The van der Waals surface area contributed by atoms with Crippen LogP contribution >= 0.6 is 11.6 Å². The summed E-state index contributed by atoms with van der Waals surface area (Å²) >= 11 is 6.40. The molecule has 262 valence electrons. The van der Waals surface area contributed by atoms with Crippen molar-refractivity contribution in [2.24, 2.45) is 0 Å². The van der Waals surface area contributed by atoms with E-state index >= 15 is 4.39 Å². The molecular formula is C39H42ClFN4O5. The molecule has 0 amide bonds. The van der Waals surface area contributed by atoms with Crippen molar-refractivity contribution in [1.82, 2.24) is 14.9 Å². The van der Waals surface area contributed by atoms with Crippen molar-refractivity contribution in [3.05, 3.63) is 83.4 Å². The summed E-state index contributed by atoms with van der Waals surface area (Å²) in [6.45, 7) is 3.30. The minimum atomic E-state index is -0.536. The summed E-state index contributed by atoms with van der Waals surface area (Å²) in [5.41, 5.74) is 2.82. The van der Waals surface area contributed by atoms with Crippen LogP contribution in [0.2, 0.25) is 5.02 Å². The number of unbranched alkanes of at least 4 members (excludes halogenated alkanes) is 2. The summed E-state index contributed by atoms with van der Waals surface area (Å²) in [7, 11) is 3.88. The Balaban J connectivity index is 1.34. The van der Waals surface area contributed by atoms with Crippen LogP contribution in [0.25, 0.3) is 22.0 Å². The zero-order valence-electron chi connectivity index (χ0n) is 28.4.